The highest BCUT2D eigenvalue weighted by Gasteiger charge is 2.57. The van der Waals surface area contributed by atoms with Crippen LogP contribution in [0.25, 0.3) is 0 Å². The third-order valence-electron chi connectivity index (χ3n) is 6.30. The van der Waals surface area contributed by atoms with Crippen molar-refractivity contribution in [3.05, 3.63) is 65.2 Å². The largest absolute Gasteiger partial charge is 0.256 e. The molecule has 1 spiro atoms. The van der Waals surface area contributed by atoms with Gasteiger partial charge in [-0.15, -0.1) is 0 Å². The van der Waals surface area contributed by atoms with E-state index >= 15 is 0 Å². The van der Waals surface area contributed by atoms with Gasteiger partial charge < -0.3 is 0 Å². The van der Waals surface area contributed by atoms with E-state index in [0.29, 0.717) is 5.92 Å². The highest BCUT2D eigenvalue weighted by molar-refractivity contribution is 6.30. The molecule has 4 aliphatic rings. The minimum atomic E-state index is -0.253. The number of fused-ring (bicyclic) bond motifs is 2. The summed E-state index contributed by atoms with van der Waals surface area (Å²) in [6, 6.07) is 18.6. The van der Waals surface area contributed by atoms with Crippen molar-refractivity contribution in [3.63, 3.8) is 0 Å². The molecule has 136 valence electrons. The first kappa shape index (κ1) is 16.6. The van der Waals surface area contributed by atoms with Crippen LogP contribution in [0, 0.1) is 11.8 Å². The molecule has 0 aromatic heterocycles. The minimum Gasteiger partial charge on any atom is -0.256 e. The Morgan fingerprint density at radius 2 is 1.73 bits per heavy atom. The average molecular weight is 370 g/mol. The van der Waals surface area contributed by atoms with Crippen molar-refractivity contribution < 1.29 is 4.84 Å². The van der Waals surface area contributed by atoms with Crippen LogP contribution in [0.3, 0.4) is 0 Å². The molecule has 4 nitrogen and oxygen atoms in total. The maximum absolute atomic E-state index is 6.37. The van der Waals surface area contributed by atoms with Gasteiger partial charge in [0, 0.05) is 17.5 Å². The second-order valence-corrected chi connectivity index (χ2v) is 8.23. The Bertz CT molecular complexity index is 761. The van der Waals surface area contributed by atoms with E-state index in [-0.39, 0.29) is 5.72 Å². The molecule has 26 heavy (non-hydrogen) atoms. The standard InChI is InChI=1S/C21H24ClN3O/c22-19-10-12-20(13-11-19)25-23-26-21(14-16-6-8-18(21)9-7-16)24(25)15-17-4-2-1-3-5-17/h1-5,10-13,16,18,23H,6-9,14-15H2/t16?,18?,21-/m1/s1. The fourth-order valence-electron chi connectivity index (χ4n) is 4.97. The number of hydrazine groups is 2. The second-order valence-electron chi connectivity index (χ2n) is 7.79. The van der Waals surface area contributed by atoms with E-state index in [2.05, 4.69) is 46.0 Å². The Hall–Kier alpha value is -1.59. The Morgan fingerprint density at radius 3 is 2.38 bits per heavy atom. The van der Waals surface area contributed by atoms with E-state index in [4.69, 9.17) is 16.4 Å². The molecule has 2 aromatic carbocycles. The Balaban J connectivity index is 1.52. The maximum Gasteiger partial charge on any atom is 0.166 e. The van der Waals surface area contributed by atoms with Gasteiger partial charge in [0.1, 0.15) is 0 Å². The molecule has 4 fully saturated rings. The van der Waals surface area contributed by atoms with Crippen LogP contribution in [-0.2, 0) is 11.4 Å². The van der Waals surface area contributed by atoms with Gasteiger partial charge in [-0.3, -0.25) is 4.84 Å². The normalized spacial score (nSPS) is 31.0. The van der Waals surface area contributed by atoms with E-state index in [9.17, 15) is 0 Å². The molecule has 1 saturated heterocycles. The van der Waals surface area contributed by atoms with Crippen LogP contribution in [0.2, 0.25) is 5.02 Å². The fourth-order valence-corrected chi connectivity index (χ4v) is 5.09. The van der Waals surface area contributed by atoms with Crippen molar-refractivity contribution in [2.75, 3.05) is 5.12 Å². The van der Waals surface area contributed by atoms with Crippen molar-refractivity contribution >= 4 is 17.3 Å². The number of halogens is 1. The number of nitrogens with zero attached hydrogens (tertiary/aromatic N) is 2. The molecule has 3 saturated carbocycles. The molecule has 2 aromatic rings. The summed E-state index contributed by atoms with van der Waals surface area (Å²) in [4.78, 5) is 6.37. The van der Waals surface area contributed by atoms with Crippen LogP contribution >= 0.6 is 11.6 Å². The summed E-state index contributed by atoms with van der Waals surface area (Å²) in [5.74, 6) is 1.34. The molecule has 1 atom stereocenters. The Morgan fingerprint density at radius 1 is 1.00 bits per heavy atom. The van der Waals surface area contributed by atoms with Crippen molar-refractivity contribution in [2.45, 2.75) is 44.4 Å². The van der Waals surface area contributed by atoms with Crippen LogP contribution in [0.4, 0.5) is 5.69 Å². The van der Waals surface area contributed by atoms with E-state index in [1.165, 1.54) is 31.2 Å². The van der Waals surface area contributed by atoms with Crippen molar-refractivity contribution in [1.82, 2.24) is 10.6 Å². The van der Waals surface area contributed by atoms with Gasteiger partial charge in [0.15, 0.2) is 5.72 Å². The second kappa shape index (κ2) is 6.54. The number of nitrogens with one attached hydrogen (secondary N) is 1. The SMILES string of the molecule is Clc1ccc(N2NO[C@@]3(CC4CCC3CC4)N2Cc2ccccc2)cc1. The summed E-state index contributed by atoms with van der Waals surface area (Å²) in [5.41, 5.74) is 5.31. The van der Waals surface area contributed by atoms with Crippen LogP contribution in [0.5, 0.6) is 0 Å². The van der Waals surface area contributed by atoms with Crippen molar-refractivity contribution in [1.29, 1.82) is 0 Å². The molecule has 1 heterocycles. The topological polar surface area (TPSA) is 27.7 Å². The lowest BCUT2D eigenvalue weighted by atomic mass is 9.65. The van der Waals surface area contributed by atoms with Gasteiger partial charge in [-0.1, -0.05) is 47.5 Å². The van der Waals surface area contributed by atoms with Gasteiger partial charge in [-0.2, -0.15) is 5.01 Å². The van der Waals surface area contributed by atoms with Gasteiger partial charge >= 0.3 is 0 Å². The lowest BCUT2D eigenvalue weighted by molar-refractivity contribution is -0.201. The van der Waals surface area contributed by atoms with E-state index in [1.54, 1.807) is 0 Å². The van der Waals surface area contributed by atoms with Gasteiger partial charge in [0.25, 0.3) is 0 Å². The summed E-state index contributed by atoms with van der Waals surface area (Å²) in [5, 5.41) is 5.22. The molecule has 3 aliphatic carbocycles. The number of rotatable bonds is 3. The predicted molar refractivity (Wildman–Crippen MR) is 103 cm³/mol. The molecule has 1 aliphatic heterocycles. The zero-order valence-electron chi connectivity index (χ0n) is 14.8. The Labute approximate surface area is 159 Å². The number of benzene rings is 2. The Kier molecular flexibility index (Phi) is 4.17. The molecule has 0 radical (unpaired) electrons. The van der Waals surface area contributed by atoms with Gasteiger partial charge in [0.05, 0.1) is 5.69 Å². The summed E-state index contributed by atoms with van der Waals surface area (Å²) in [6.07, 6.45) is 6.30. The highest BCUT2D eigenvalue weighted by atomic mass is 35.5. The maximum atomic E-state index is 6.37. The molecule has 0 unspecified atom stereocenters. The van der Waals surface area contributed by atoms with Crippen molar-refractivity contribution in [2.24, 2.45) is 11.8 Å². The summed E-state index contributed by atoms with van der Waals surface area (Å²) >= 11 is 6.09. The first-order valence-corrected chi connectivity index (χ1v) is 9.93. The lowest BCUT2D eigenvalue weighted by Gasteiger charge is -2.51. The molecular weight excluding hydrogens is 346 g/mol. The summed E-state index contributed by atoms with van der Waals surface area (Å²) in [7, 11) is 0. The van der Waals surface area contributed by atoms with Crippen molar-refractivity contribution in [3.8, 4) is 0 Å². The molecule has 1 N–H and O–H groups in total. The number of anilines is 1. The lowest BCUT2D eigenvalue weighted by Crippen LogP contribution is -2.59. The zero-order valence-corrected chi connectivity index (χ0v) is 15.5. The van der Waals surface area contributed by atoms with Crippen LogP contribution in [0.15, 0.2) is 54.6 Å². The summed E-state index contributed by atoms with van der Waals surface area (Å²) < 4.78 is 0. The molecular formula is C21H24ClN3O. The molecule has 0 amide bonds. The fraction of sp³-hybridized carbons (Fsp3) is 0.429. The smallest absolute Gasteiger partial charge is 0.166 e. The van der Waals surface area contributed by atoms with Gasteiger partial charge in [0.2, 0.25) is 0 Å². The first-order valence-electron chi connectivity index (χ1n) is 9.55. The predicted octanol–water partition coefficient (Wildman–Crippen LogP) is 4.92. The van der Waals surface area contributed by atoms with Gasteiger partial charge in [-0.05, 0) is 67.9 Å². The van der Waals surface area contributed by atoms with Crippen LogP contribution in [-0.4, -0.2) is 10.7 Å². The monoisotopic (exact) mass is 369 g/mol. The van der Waals surface area contributed by atoms with E-state index in [0.717, 1.165) is 29.6 Å². The highest BCUT2D eigenvalue weighted by Crippen LogP contribution is 2.53. The number of hydrogen-bond acceptors (Lipinski definition) is 4. The molecule has 5 heteroatoms. The van der Waals surface area contributed by atoms with Crippen LogP contribution < -0.4 is 10.7 Å². The van der Waals surface area contributed by atoms with E-state index in [1.807, 2.05) is 24.3 Å². The quantitative estimate of drug-likeness (QED) is 0.831. The number of hydrogen-bond donors (Lipinski definition) is 1. The summed E-state index contributed by atoms with van der Waals surface area (Å²) in [6.45, 7) is 0.819. The first-order chi connectivity index (χ1) is 12.7. The van der Waals surface area contributed by atoms with E-state index < -0.39 is 0 Å². The molecule has 2 bridgehead atoms. The third kappa shape index (κ3) is 2.72. The zero-order chi connectivity index (χ0) is 17.6. The minimum absolute atomic E-state index is 0.253. The van der Waals surface area contributed by atoms with Gasteiger partial charge in [-0.25, -0.2) is 5.12 Å². The average Bonchev–Trinajstić information content (AvgIpc) is 3.02. The molecule has 6 rings (SSSR count). The third-order valence-corrected chi connectivity index (χ3v) is 6.55. The van der Waals surface area contributed by atoms with Crippen LogP contribution in [0.1, 0.15) is 37.7 Å².